The van der Waals surface area contributed by atoms with E-state index in [0.717, 1.165) is 23.5 Å². The fraction of sp³-hybridized carbons (Fsp3) is 0.312. The summed E-state index contributed by atoms with van der Waals surface area (Å²) in [6.45, 7) is 4.88. The summed E-state index contributed by atoms with van der Waals surface area (Å²) < 4.78 is 0. The van der Waals surface area contributed by atoms with Crippen molar-refractivity contribution in [3.63, 3.8) is 0 Å². The molecule has 0 fully saturated rings. The van der Waals surface area contributed by atoms with Crippen LogP contribution in [0.4, 0.5) is 5.69 Å². The Balaban J connectivity index is 2.21. The number of aliphatic hydroxyl groups is 1. The van der Waals surface area contributed by atoms with E-state index in [1.165, 1.54) is 11.1 Å². The molecule has 1 aromatic heterocycles. The summed E-state index contributed by atoms with van der Waals surface area (Å²) in [7, 11) is 2.04. The first-order valence-corrected chi connectivity index (χ1v) is 6.43. The SMILES string of the molecule is Cc1ccc(CN(C)c2cc(C)ncc2CO)cc1. The van der Waals surface area contributed by atoms with Gasteiger partial charge in [0.25, 0.3) is 0 Å². The van der Waals surface area contributed by atoms with E-state index < -0.39 is 0 Å². The average Bonchev–Trinajstić information content (AvgIpc) is 2.41. The molecular formula is C16H20N2O. The Kier molecular flexibility index (Phi) is 4.17. The standard InChI is InChI=1S/C16H20N2O/c1-12-4-6-14(7-5-12)10-18(3)16-8-13(2)17-9-15(16)11-19/h4-9,19H,10-11H2,1-3H3. The van der Waals surface area contributed by atoms with E-state index in [1.54, 1.807) is 6.20 Å². The molecule has 0 aliphatic heterocycles. The van der Waals surface area contributed by atoms with Crippen LogP contribution in [0.15, 0.2) is 36.5 Å². The Hall–Kier alpha value is -1.87. The molecule has 2 rings (SSSR count). The number of aromatic nitrogens is 1. The highest BCUT2D eigenvalue weighted by Gasteiger charge is 2.08. The third kappa shape index (κ3) is 3.32. The lowest BCUT2D eigenvalue weighted by atomic mass is 10.1. The number of aliphatic hydroxyl groups excluding tert-OH is 1. The summed E-state index contributed by atoms with van der Waals surface area (Å²) in [5.74, 6) is 0. The predicted octanol–water partition coefficient (Wildman–Crippen LogP) is 2.83. The van der Waals surface area contributed by atoms with Crippen LogP contribution < -0.4 is 4.90 Å². The number of benzene rings is 1. The molecule has 3 nitrogen and oxygen atoms in total. The Bertz CT molecular complexity index is 549. The first-order chi connectivity index (χ1) is 9.10. The van der Waals surface area contributed by atoms with Crippen LogP contribution in [-0.2, 0) is 13.2 Å². The molecule has 0 aliphatic rings. The summed E-state index contributed by atoms with van der Waals surface area (Å²) in [5, 5.41) is 9.39. The molecule has 1 N–H and O–H groups in total. The molecule has 0 saturated heterocycles. The van der Waals surface area contributed by atoms with Gasteiger partial charge < -0.3 is 10.0 Å². The molecule has 0 spiro atoms. The number of anilines is 1. The number of hydrogen-bond acceptors (Lipinski definition) is 3. The average molecular weight is 256 g/mol. The van der Waals surface area contributed by atoms with Gasteiger partial charge in [-0.05, 0) is 25.5 Å². The smallest absolute Gasteiger partial charge is 0.0717 e. The van der Waals surface area contributed by atoms with Crippen LogP contribution in [0.5, 0.6) is 0 Å². The van der Waals surface area contributed by atoms with Crippen LogP contribution in [-0.4, -0.2) is 17.1 Å². The van der Waals surface area contributed by atoms with E-state index in [9.17, 15) is 5.11 Å². The van der Waals surface area contributed by atoms with Crippen LogP contribution in [0.2, 0.25) is 0 Å². The van der Waals surface area contributed by atoms with Crippen molar-refractivity contribution in [1.82, 2.24) is 4.98 Å². The van der Waals surface area contributed by atoms with Crippen LogP contribution >= 0.6 is 0 Å². The molecule has 0 saturated carbocycles. The van der Waals surface area contributed by atoms with Crippen molar-refractivity contribution in [3.05, 3.63) is 58.9 Å². The summed E-state index contributed by atoms with van der Waals surface area (Å²) >= 11 is 0. The number of rotatable bonds is 4. The van der Waals surface area contributed by atoms with Gasteiger partial charge in [-0.15, -0.1) is 0 Å². The lowest BCUT2D eigenvalue weighted by molar-refractivity contribution is 0.281. The highest BCUT2D eigenvalue weighted by atomic mass is 16.3. The second-order valence-corrected chi connectivity index (χ2v) is 4.95. The zero-order valence-corrected chi connectivity index (χ0v) is 11.7. The Morgan fingerprint density at radius 1 is 1.16 bits per heavy atom. The second kappa shape index (κ2) is 5.85. The summed E-state index contributed by atoms with van der Waals surface area (Å²) in [6.07, 6.45) is 1.75. The molecule has 0 bridgehead atoms. The normalized spacial score (nSPS) is 10.5. The number of aryl methyl sites for hydroxylation is 2. The maximum atomic E-state index is 9.39. The molecule has 0 amide bonds. The van der Waals surface area contributed by atoms with E-state index in [0.29, 0.717) is 0 Å². The molecule has 0 atom stereocenters. The highest BCUT2D eigenvalue weighted by Crippen LogP contribution is 2.21. The molecule has 1 aromatic carbocycles. The molecule has 0 radical (unpaired) electrons. The third-order valence-electron chi connectivity index (χ3n) is 3.22. The minimum atomic E-state index is 0.0147. The second-order valence-electron chi connectivity index (χ2n) is 4.95. The molecular weight excluding hydrogens is 236 g/mol. The van der Waals surface area contributed by atoms with Gasteiger partial charge in [0.15, 0.2) is 0 Å². The lowest BCUT2D eigenvalue weighted by Gasteiger charge is -2.22. The largest absolute Gasteiger partial charge is 0.392 e. The van der Waals surface area contributed by atoms with Crippen LogP contribution in [0.1, 0.15) is 22.4 Å². The van der Waals surface area contributed by atoms with Crippen molar-refractivity contribution in [1.29, 1.82) is 0 Å². The highest BCUT2D eigenvalue weighted by molar-refractivity contribution is 5.53. The number of pyridine rings is 1. The molecule has 19 heavy (non-hydrogen) atoms. The molecule has 100 valence electrons. The molecule has 2 aromatic rings. The third-order valence-corrected chi connectivity index (χ3v) is 3.22. The van der Waals surface area contributed by atoms with Crippen molar-refractivity contribution in [2.24, 2.45) is 0 Å². The fourth-order valence-corrected chi connectivity index (χ4v) is 2.10. The van der Waals surface area contributed by atoms with Crippen molar-refractivity contribution in [2.45, 2.75) is 27.0 Å². The van der Waals surface area contributed by atoms with Crippen molar-refractivity contribution >= 4 is 5.69 Å². The Morgan fingerprint density at radius 2 is 1.84 bits per heavy atom. The van der Waals surface area contributed by atoms with Crippen molar-refractivity contribution in [2.75, 3.05) is 11.9 Å². The van der Waals surface area contributed by atoms with Gasteiger partial charge >= 0.3 is 0 Å². The maximum absolute atomic E-state index is 9.39. The van der Waals surface area contributed by atoms with Crippen molar-refractivity contribution in [3.8, 4) is 0 Å². The minimum absolute atomic E-state index is 0.0147. The lowest BCUT2D eigenvalue weighted by Crippen LogP contribution is -2.18. The monoisotopic (exact) mass is 256 g/mol. The van der Waals surface area contributed by atoms with Crippen LogP contribution in [0, 0.1) is 13.8 Å². The molecule has 0 aliphatic carbocycles. The van der Waals surface area contributed by atoms with E-state index in [4.69, 9.17) is 0 Å². The van der Waals surface area contributed by atoms with Gasteiger partial charge in [0.05, 0.1) is 6.61 Å². The van der Waals surface area contributed by atoms with Gasteiger partial charge in [-0.25, -0.2) is 0 Å². The summed E-state index contributed by atoms with van der Waals surface area (Å²) in [6, 6.07) is 10.5. The molecule has 1 heterocycles. The van der Waals surface area contributed by atoms with E-state index in [1.807, 2.05) is 20.0 Å². The first kappa shape index (κ1) is 13.6. The molecule has 3 heteroatoms. The van der Waals surface area contributed by atoms with Crippen LogP contribution in [0.3, 0.4) is 0 Å². The first-order valence-electron chi connectivity index (χ1n) is 6.43. The van der Waals surface area contributed by atoms with E-state index >= 15 is 0 Å². The summed E-state index contributed by atoms with van der Waals surface area (Å²) in [5.41, 5.74) is 5.38. The number of nitrogens with zero attached hydrogens (tertiary/aromatic N) is 2. The maximum Gasteiger partial charge on any atom is 0.0717 e. The van der Waals surface area contributed by atoms with Crippen molar-refractivity contribution < 1.29 is 5.11 Å². The zero-order valence-electron chi connectivity index (χ0n) is 11.7. The van der Waals surface area contributed by atoms with Gasteiger partial charge in [-0.2, -0.15) is 0 Å². The van der Waals surface area contributed by atoms with Crippen LogP contribution in [0.25, 0.3) is 0 Å². The van der Waals surface area contributed by atoms with E-state index in [-0.39, 0.29) is 6.61 Å². The Morgan fingerprint density at radius 3 is 2.47 bits per heavy atom. The van der Waals surface area contributed by atoms with Gasteiger partial charge in [0.2, 0.25) is 0 Å². The Labute approximate surface area is 114 Å². The molecule has 0 unspecified atom stereocenters. The fourth-order valence-electron chi connectivity index (χ4n) is 2.10. The topological polar surface area (TPSA) is 36.4 Å². The van der Waals surface area contributed by atoms with E-state index in [2.05, 4.69) is 41.1 Å². The predicted molar refractivity (Wildman–Crippen MR) is 78.2 cm³/mol. The van der Waals surface area contributed by atoms with Gasteiger partial charge in [-0.1, -0.05) is 29.8 Å². The van der Waals surface area contributed by atoms with Gasteiger partial charge in [0.1, 0.15) is 0 Å². The van der Waals surface area contributed by atoms with Gasteiger partial charge in [-0.3, -0.25) is 4.98 Å². The zero-order chi connectivity index (χ0) is 13.8. The quantitative estimate of drug-likeness (QED) is 0.913. The summed E-state index contributed by atoms with van der Waals surface area (Å²) in [4.78, 5) is 6.37. The number of hydrogen-bond donors (Lipinski definition) is 1. The van der Waals surface area contributed by atoms with Gasteiger partial charge in [0, 0.05) is 36.7 Å². The minimum Gasteiger partial charge on any atom is -0.392 e.